The molecule has 2 heterocycles. The molecule has 0 aliphatic carbocycles. The summed E-state index contributed by atoms with van der Waals surface area (Å²) in [5, 5.41) is 7.27. The molecule has 0 fully saturated rings. The van der Waals surface area contributed by atoms with Crippen LogP contribution in [0, 0.1) is 0 Å². The molecule has 0 saturated heterocycles. The summed E-state index contributed by atoms with van der Waals surface area (Å²) in [7, 11) is 0. The molecule has 8 nitrogen and oxygen atoms in total. The fraction of sp³-hybridized carbons (Fsp3) is 0.0476. The van der Waals surface area contributed by atoms with E-state index in [1.54, 1.807) is 18.5 Å². The maximum Gasteiger partial charge on any atom is 0.242 e. The lowest BCUT2D eigenvalue weighted by molar-refractivity contribution is 0.637. The lowest BCUT2D eigenvalue weighted by Gasteiger charge is -2.08. The number of allylic oxidation sites excluding steroid dienone is 1. The van der Waals surface area contributed by atoms with Crippen LogP contribution < -0.4 is 10.7 Å². The predicted molar refractivity (Wildman–Crippen MR) is 118 cm³/mol. The summed E-state index contributed by atoms with van der Waals surface area (Å²) >= 11 is 0. The Morgan fingerprint density at radius 3 is 2.73 bits per heavy atom. The van der Waals surface area contributed by atoms with Crippen LogP contribution in [0.15, 0.2) is 88.3 Å². The van der Waals surface area contributed by atoms with Crippen LogP contribution in [0.2, 0.25) is 0 Å². The smallest absolute Gasteiger partial charge is 0.242 e. The molecule has 1 aromatic carbocycles. The number of pyridine rings is 1. The molecule has 0 saturated carbocycles. The third-order valence-electron chi connectivity index (χ3n) is 3.69. The van der Waals surface area contributed by atoms with Gasteiger partial charge in [-0.1, -0.05) is 12.1 Å². The van der Waals surface area contributed by atoms with Gasteiger partial charge in [0, 0.05) is 17.4 Å². The third-order valence-corrected chi connectivity index (χ3v) is 3.69. The highest BCUT2D eigenvalue weighted by Gasteiger charge is 2.01. The topological polar surface area (TPSA) is 99.8 Å². The number of nitrogens with zero attached hydrogens (tertiary/aromatic N) is 6. The predicted octanol–water partition coefficient (Wildman–Crippen LogP) is 4.09. The monoisotopic (exact) mass is 402 g/mol. The molecule has 3 rings (SSSR count). The van der Waals surface area contributed by atoms with Crippen molar-refractivity contribution in [1.29, 1.82) is 0 Å². The summed E-state index contributed by atoms with van der Waals surface area (Å²) in [6.45, 7) is 4.62. The number of halogens is 1. The summed E-state index contributed by atoms with van der Waals surface area (Å²) in [5.41, 5.74) is 6.73. The van der Waals surface area contributed by atoms with Gasteiger partial charge >= 0.3 is 0 Å². The Morgan fingerprint density at radius 1 is 1.13 bits per heavy atom. The molecule has 30 heavy (non-hydrogen) atoms. The normalized spacial score (nSPS) is 12.1. The molecule has 0 aliphatic rings. The Hall–Kier alpha value is -4.27. The molecule has 0 radical (unpaired) electrons. The summed E-state index contributed by atoms with van der Waals surface area (Å²) < 4.78 is 12.7. The molecule has 2 N–H and O–H groups in total. The molecule has 0 spiro atoms. The minimum Gasteiger partial charge on any atom is -0.354 e. The van der Waals surface area contributed by atoms with Gasteiger partial charge in [0.05, 0.1) is 35.7 Å². The van der Waals surface area contributed by atoms with Gasteiger partial charge in [-0.2, -0.15) is 5.10 Å². The van der Waals surface area contributed by atoms with Crippen LogP contribution in [0.1, 0.15) is 12.6 Å². The highest BCUT2D eigenvalue weighted by Crippen LogP contribution is 2.22. The van der Waals surface area contributed by atoms with E-state index in [0.29, 0.717) is 5.69 Å². The Kier molecular flexibility index (Phi) is 7.04. The molecule has 0 atom stereocenters. The van der Waals surface area contributed by atoms with E-state index in [4.69, 9.17) is 0 Å². The van der Waals surface area contributed by atoms with E-state index in [1.807, 2.05) is 36.4 Å². The maximum atomic E-state index is 12.7. The number of hydrogen-bond donors (Lipinski definition) is 2. The van der Waals surface area contributed by atoms with Gasteiger partial charge in [-0.05, 0) is 44.0 Å². The zero-order chi connectivity index (χ0) is 21.2. The largest absolute Gasteiger partial charge is 0.354 e. The van der Waals surface area contributed by atoms with Gasteiger partial charge in [-0.25, -0.2) is 29.8 Å². The third kappa shape index (κ3) is 6.13. The van der Waals surface area contributed by atoms with Crippen molar-refractivity contribution in [3.63, 3.8) is 0 Å². The van der Waals surface area contributed by atoms with Crippen molar-refractivity contribution >= 4 is 30.3 Å². The van der Waals surface area contributed by atoms with Gasteiger partial charge in [-0.15, -0.1) is 0 Å². The second kappa shape index (κ2) is 10.3. The van der Waals surface area contributed by atoms with Crippen LogP contribution in [0.5, 0.6) is 0 Å². The number of benzene rings is 1. The van der Waals surface area contributed by atoms with Crippen molar-refractivity contribution in [3.05, 3.63) is 78.9 Å². The first-order valence-electron chi connectivity index (χ1n) is 8.89. The second-order valence-electron chi connectivity index (χ2n) is 5.97. The quantitative estimate of drug-likeness (QED) is 0.367. The number of hydrazone groups is 1. The molecule has 150 valence electrons. The number of anilines is 2. The van der Waals surface area contributed by atoms with E-state index < -0.39 is 5.83 Å². The summed E-state index contributed by atoms with van der Waals surface area (Å²) in [6, 6.07) is 13.4. The van der Waals surface area contributed by atoms with E-state index in [0.717, 1.165) is 28.8 Å². The molecule has 3 aromatic rings. The summed E-state index contributed by atoms with van der Waals surface area (Å²) in [5.74, 6) is -0.376. The van der Waals surface area contributed by atoms with Gasteiger partial charge in [-0.3, -0.25) is 4.98 Å². The summed E-state index contributed by atoms with van der Waals surface area (Å²) in [4.78, 5) is 19.9. The Balaban J connectivity index is 1.63. The van der Waals surface area contributed by atoms with Crippen molar-refractivity contribution in [1.82, 2.24) is 20.4 Å². The van der Waals surface area contributed by atoms with Gasteiger partial charge in [0.25, 0.3) is 0 Å². The Labute approximate surface area is 173 Å². The number of aromatic nitrogens is 3. The Bertz CT molecular complexity index is 1070. The highest BCUT2D eigenvalue weighted by atomic mass is 19.1. The standard InChI is InChI=1S/C21H19FN8/c1-15(22)11-26-21(23-2)30-28-13-18-6-7-19(12-25-18)29-17-5-3-4-16(10-17)20-8-9-24-14-27-20/h3-14,29H,2H2,1H3,(H,26,30)/b15-11+,28-13+. The van der Waals surface area contributed by atoms with Crippen LogP contribution in [0.25, 0.3) is 11.3 Å². The van der Waals surface area contributed by atoms with E-state index in [-0.39, 0.29) is 5.96 Å². The number of rotatable bonds is 6. The first kappa shape index (κ1) is 20.5. The second-order valence-corrected chi connectivity index (χ2v) is 5.97. The van der Waals surface area contributed by atoms with Crippen molar-refractivity contribution in [2.75, 3.05) is 5.32 Å². The average molecular weight is 402 g/mol. The highest BCUT2D eigenvalue weighted by molar-refractivity contribution is 5.86. The lowest BCUT2D eigenvalue weighted by Crippen LogP contribution is -2.14. The molecule has 0 amide bonds. The van der Waals surface area contributed by atoms with Crippen LogP contribution in [0.4, 0.5) is 15.8 Å². The van der Waals surface area contributed by atoms with Crippen LogP contribution in [0.3, 0.4) is 0 Å². The van der Waals surface area contributed by atoms with Crippen molar-refractivity contribution in [2.24, 2.45) is 15.1 Å². The molecule has 9 heteroatoms. The van der Waals surface area contributed by atoms with Gasteiger partial charge in [0.1, 0.15) is 12.2 Å². The van der Waals surface area contributed by atoms with Gasteiger partial charge in [0.2, 0.25) is 5.96 Å². The number of guanidine groups is 1. The van der Waals surface area contributed by atoms with E-state index in [1.165, 1.54) is 19.5 Å². The SMILES string of the molecule is C=NC(=N/C=C(\C)F)N/N=C/c1ccc(Nc2cccc(-c3ccncn3)c2)cn1. The van der Waals surface area contributed by atoms with Crippen molar-refractivity contribution < 1.29 is 4.39 Å². The number of nitrogens with one attached hydrogen (secondary N) is 2. The Morgan fingerprint density at radius 2 is 2.03 bits per heavy atom. The van der Waals surface area contributed by atoms with Crippen LogP contribution in [-0.2, 0) is 0 Å². The first-order valence-corrected chi connectivity index (χ1v) is 8.89. The van der Waals surface area contributed by atoms with Crippen molar-refractivity contribution in [3.8, 4) is 11.3 Å². The fourth-order valence-corrected chi connectivity index (χ4v) is 2.35. The zero-order valence-corrected chi connectivity index (χ0v) is 16.2. The molecule has 0 bridgehead atoms. The van der Waals surface area contributed by atoms with Crippen molar-refractivity contribution in [2.45, 2.75) is 6.92 Å². The minimum absolute atomic E-state index is 0.0742. The van der Waals surface area contributed by atoms with Gasteiger partial charge in [0.15, 0.2) is 0 Å². The van der Waals surface area contributed by atoms with E-state index in [2.05, 4.69) is 47.5 Å². The molecule has 2 aromatic heterocycles. The van der Waals surface area contributed by atoms with Gasteiger partial charge < -0.3 is 5.32 Å². The molecular weight excluding hydrogens is 383 g/mol. The number of aliphatic imine (C=N–C) groups is 2. The lowest BCUT2D eigenvalue weighted by atomic mass is 10.1. The average Bonchev–Trinajstić information content (AvgIpc) is 2.78. The summed E-state index contributed by atoms with van der Waals surface area (Å²) in [6.07, 6.45) is 7.43. The number of hydrogen-bond acceptors (Lipinski definition) is 6. The van der Waals surface area contributed by atoms with E-state index >= 15 is 0 Å². The zero-order valence-electron chi connectivity index (χ0n) is 16.2. The molecule has 0 aliphatic heterocycles. The molecular formula is C21H19FN8. The van der Waals surface area contributed by atoms with Crippen LogP contribution >= 0.6 is 0 Å². The minimum atomic E-state index is -0.450. The maximum absolute atomic E-state index is 12.7. The first-order chi connectivity index (χ1) is 14.6. The fourth-order valence-electron chi connectivity index (χ4n) is 2.35. The van der Waals surface area contributed by atoms with E-state index in [9.17, 15) is 4.39 Å². The van der Waals surface area contributed by atoms with Crippen LogP contribution in [-0.4, -0.2) is 33.8 Å². The molecule has 0 unspecified atom stereocenters.